The number of methoxy groups -OCH3 is 1. The molecule has 0 spiro atoms. The summed E-state index contributed by atoms with van der Waals surface area (Å²) in [6, 6.07) is 0. The van der Waals surface area contributed by atoms with Gasteiger partial charge in [0.1, 0.15) is 0 Å². The average molecular weight is 439 g/mol. The fourth-order valence-corrected chi connectivity index (χ4v) is 8.23. The van der Waals surface area contributed by atoms with E-state index < -0.39 is 19.8 Å². The van der Waals surface area contributed by atoms with Crippen molar-refractivity contribution in [2.75, 3.05) is 20.3 Å². The molecule has 0 amide bonds. The Kier molecular flexibility index (Phi) is 8.40. The van der Waals surface area contributed by atoms with Crippen LogP contribution in [0.2, 0.25) is 23.7 Å². The molecular formula is C25H46O4Si. The van der Waals surface area contributed by atoms with Gasteiger partial charge in [-0.15, -0.1) is 0 Å². The second-order valence-electron chi connectivity index (χ2n) is 12.0. The largest absolute Gasteiger partial charge is 0.463 e. The zero-order valence-corrected chi connectivity index (χ0v) is 21.8. The number of carbonyl (C=O) groups excluding carboxylic acids is 2. The number of esters is 1. The minimum Gasteiger partial charge on any atom is -0.463 e. The lowest BCUT2D eigenvalue weighted by Crippen LogP contribution is -2.49. The van der Waals surface area contributed by atoms with Crippen molar-refractivity contribution in [3.8, 4) is 0 Å². The van der Waals surface area contributed by atoms with E-state index in [0.717, 1.165) is 11.8 Å². The molecule has 5 atom stereocenters. The molecule has 0 aromatic heterocycles. The third kappa shape index (κ3) is 5.38. The van der Waals surface area contributed by atoms with Crippen molar-refractivity contribution < 1.29 is 19.1 Å². The number of ketones is 1. The van der Waals surface area contributed by atoms with Crippen molar-refractivity contribution in [1.82, 2.24) is 0 Å². The monoisotopic (exact) mass is 438 g/mol. The Hall–Kier alpha value is -0.683. The smallest absolute Gasteiger partial charge is 0.374 e. The van der Waals surface area contributed by atoms with E-state index >= 15 is 0 Å². The molecule has 0 aromatic carbocycles. The Morgan fingerprint density at radius 3 is 2.37 bits per heavy atom. The van der Waals surface area contributed by atoms with E-state index in [4.69, 9.17) is 9.47 Å². The summed E-state index contributed by atoms with van der Waals surface area (Å²) in [5, 5.41) is -0.00917. The second-order valence-corrected chi connectivity index (χ2v) is 17.6. The van der Waals surface area contributed by atoms with Crippen LogP contribution in [-0.2, 0) is 19.1 Å². The molecule has 174 valence electrons. The summed E-state index contributed by atoms with van der Waals surface area (Å²) in [5.74, 6) is 1.05. The SMILES string of the molecule is COC(=O)C(=O)C(COCC(C)CC1CCC2CCCCC21C)[Si](C)(C)C(C)(C)C. The van der Waals surface area contributed by atoms with Gasteiger partial charge in [-0.05, 0) is 60.3 Å². The van der Waals surface area contributed by atoms with Gasteiger partial charge in [-0.2, -0.15) is 0 Å². The highest BCUT2D eigenvalue weighted by Crippen LogP contribution is 2.57. The first-order valence-electron chi connectivity index (χ1n) is 12.0. The van der Waals surface area contributed by atoms with Crippen LogP contribution in [0.4, 0.5) is 0 Å². The van der Waals surface area contributed by atoms with E-state index in [1.807, 2.05) is 0 Å². The van der Waals surface area contributed by atoms with Crippen LogP contribution < -0.4 is 0 Å². The van der Waals surface area contributed by atoms with Crippen LogP contribution in [0.5, 0.6) is 0 Å². The van der Waals surface area contributed by atoms with Gasteiger partial charge in [-0.3, -0.25) is 4.79 Å². The number of Topliss-reactive ketones (excluding diaryl/α,β-unsaturated/α-hetero) is 1. The Balaban J connectivity index is 1.95. The van der Waals surface area contributed by atoms with E-state index in [0.29, 0.717) is 24.5 Å². The lowest BCUT2D eigenvalue weighted by molar-refractivity contribution is -0.152. The molecule has 0 bridgehead atoms. The van der Waals surface area contributed by atoms with Crippen molar-refractivity contribution in [3.05, 3.63) is 0 Å². The molecule has 0 saturated heterocycles. The van der Waals surface area contributed by atoms with Crippen molar-refractivity contribution in [3.63, 3.8) is 0 Å². The van der Waals surface area contributed by atoms with E-state index in [2.05, 4.69) is 47.7 Å². The summed E-state index contributed by atoms with van der Waals surface area (Å²) in [6.45, 7) is 16.7. The fourth-order valence-electron chi connectivity index (χ4n) is 5.88. The van der Waals surface area contributed by atoms with Gasteiger partial charge in [0, 0.05) is 12.1 Å². The van der Waals surface area contributed by atoms with Gasteiger partial charge in [0.15, 0.2) is 0 Å². The Morgan fingerprint density at radius 1 is 1.10 bits per heavy atom. The molecule has 0 aromatic rings. The highest BCUT2D eigenvalue weighted by atomic mass is 28.3. The normalized spacial score (nSPS) is 29.2. The summed E-state index contributed by atoms with van der Waals surface area (Å²) < 4.78 is 10.9. The minimum absolute atomic E-state index is 0.00917. The van der Waals surface area contributed by atoms with Crippen molar-refractivity contribution >= 4 is 19.8 Å². The highest BCUT2D eigenvalue weighted by molar-refractivity contribution is 6.86. The number of rotatable bonds is 9. The van der Waals surface area contributed by atoms with Crippen molar-refractivity contribution in [1.29, 1.82) is 0 Å². The van der Waals surface area contributed by atoms with Gasteiger partial charge in [0.05, 0.1) is 21.8 Å². The number of hydrogen-bond donors (Lipinski definition) is 0. The molecule has 5 heteroatoms. The van der Waals surface area contributed by atoms with E-state index in [-0.39, 0.29) is 10.6 Å². The Bertz CT molecular complexity index is 609. The third-order valence-corrected chi connectivity index (χ3v) is 15.2. The van der Waals surface area contributed by atoms with Gasteiger partial charge >= 0.3 is 5.97 Å². The third-order valence-electron chi connectivity index (χ3n) is 9.13. The molecule has 0 heterocycles. The lowest BCUT2D eigenvalue weighted by atomic mass is 9.64. The summed E-state index contributed by atoms with van der Waals surface area (Å²) in [7, 11) is -0.811. The topological polar surface area (TPSA) is 52.6 Å². The molecular weight excluding hydrogens is 392 g/mol. The molecule has 30 heavy (non-hydrogen) atoms. The van der Waals surface area contributed by atoms with Gasteiger partial charge in [0.2, 0.25) is 5.78 Å². The maximum absolute atomic E-state index is 12.8. The molecule has 0 aliphatic heterocycles. The summed E-state index contributed by atoms with van der Waals surface area (Å²) >= 11 is 0. The molecule has 2 rings (SSSR count). The van der Waals surface area contributed by atoms with Crippen LogP contribution >= 0.6 is 0 Å². The predicted molar refractivity (Wildman–Crippen MR) is 125 cm³/mol. The zero-order valence-electron chi connectivity index (χ0n) is 20.8. The van der Waals surface area contributed by atoms with Gasteiger partial charge in [-0.25, -0.2) is 4.79 Å². The Labute approximate surface area is 185 Å². The fraction of sp³-hybridized carbons (Fsp3) is 0.920. The van der Waals surface area contributed by atoms with Crippen molar-refractivity contribution in [2.24, 2.45) is 23.2 Å². The number of fused-ring (bicyclic) bond motifs is 1. The van der Waals surface area contributed by atoms with Crippen LogP contribution in [0.3, 0.4) is 0 Å². The number of hydrogen-bond acceptors (Lipinski definition) is 4. The summed E-state index contributed by atoms with van der Waals surface area (Å²) in [4.78, 5) is 24.8. The van der Waals surface area contributed by atoms with Crippen LogP contribution in [0, 0.1) is 23.2 Å². The average Bonchev–Trinajstić information content (AvgIpc) is 2.99. The lowest BCUT2D eigenvalue weighted by Gasteiger charge is -2.42. The predicted octanol–water partition coefficient (Wildman–Crippen LogP) is 6.26. The highest BCUT2D eigenvalue weighted by Gasteiger charge is 2.49. The number of ether oxygens (including phenoxy) is 2. The maximum atomic E-state index is 12.8. The molecule has 2 saturated carbocycles. The van der Waals surface area contributed by atoms with Gasteiger partial charge in [-0.1, -0.05) is 60.6 Å². The maximum Gasteiger partial charge on any atom is 0.374 e. The van der Waals surface area contributed by atoms with E-state index in [1.54, 1.807) is 0 Å². The second kappa shape index (κ2) is 9.85. The first-order chi connectivity index (χ1) is 13.8. The summed E-state index contributed by atoms with van der Waals surface area (Å²) in [6.07, 6.45) is 9.57. The van der Waals surface area contributed by atoms with Crippen molar-refractivity contribution in [2.45, 2.75) is 103 Å². The molecule has 2 aliphatic carbocycles. The molecule has 4 nitrogen and oxygen atoms in total. The van der Waals surface area contributed by atoms with Gasteiger partial charge in [0.25, 0.3) is 0 Å². The quantitative estimate of drug-likeness (QED) is 0.242. The van der Waals surface area contributed by atoms with E-state index in [1.165, 1.54) is 52.1 Å². The molecule has 2 aliphatic rings. The van der Waals surface area contributed by atoms with Crippen LogP contribution in [-0.4, -0.2) is 40.1 Å². The first-order valence-corrected chi connectivity index (χ1v) is 15.1. The number of carbonyl (C=O) groups is 2. The molecule has 5 unspecified atom stereocenters. The first kappa shape index (κ1) is 25.6. The molecule has 0 radical (unpaired) electrons. The minimum atomic E-state index is -2.09. The van der Waals surface area contributed by atoms with E-state index in [9.17, 15) is 9.59 Å². The summed E-state index contributed by atoms with van der Waals surface area (Å²) in [5.41, 5.74) is 0.153. The molecule has 2 fully saturated rings. The van der Waals surface area contributed by atoms with Gasteiger partial charge < -0.3 is 9.47 Å². The standard InChI is InChI=1S/C25H46O4Si/c1-18(15-20-13-12-19-11-9-10-14-25(19,20)5)16-29-17-21(22(26)23(27)28-6)30(7,8)24(2,3)4/h18-21H,9-17H2,1-8H3. The van der Waals surface area contributed by atoms with Crippen LogP contribution in [0.15, 0.2) is 0 Å². The Morgan fingerprint density at radius 2 is 1.77 bits per heavy atom. The molecule has 0 N–H and O–H groups in total. The zero-order chi connectivity index (χ0) is 22.7. The van der Waals surface area contributed by atoms with Crippen LogP contribution in [0.1, 0.15) is 79.6 Å². The van der Waals surface area contributed by atoms with Crippen LogP contribution in [0.25, 0.3) is 0 Å².